The second kappa shape index (κ2) is 6.83. The Morgan fingerprint density at radius 1 is 1.12 bits per heavy atom. The van der Waals surface area contributed by atoms with E-state index < -0.39 is 0 Å². The lowest BCUT2D eigenvalue weighted by molar-refractivity contribution is 0.0694. The highest BCUT2D eigenvalue weighted by atomic mass is 16.2. The SMILES string of the molecule is Cn1ccnc1C1CCCN(C(=O)c2ccc(-c3ccccc3)n2C)C1. The molecule has 1 aromatic carbocycles. The number of nitrogens with zero attached hydrogens (tertiary/aromatic N) is 4. The summed E-state index contributed by atoms with van der Waals surface area (Å²) in [6.45, 7) is 1.54. The van der Waals surface area contributed by atoms with E-state index in [1.807, 2.05) is 66.3 Å². The molecule has 134 valence electrons. The molecule has 2 aromatic heterocycles. The number of likely N-dealkylation sites (tertiary alicyclic amines) is 1. The van der Waals surface area contributed by atoms with E-state index in [1.165, 1.54) is 0 Å². The fourth-order valence-corrected chi connectivity index (χ4v) is 3.93. The lowest BCUT2D eigenvalue weighted by atomic mass is 9.97. The molecule has 5 nitrogen and oxygen atoms in total. The normalized spacial score (nSPS) is 17.5. The number of rotatable bonds is 3. The van der Waals surface area contributed by atoms with Crippen molar-refractivity contribution in [2.45, 2.75) is 18.8 Å². The second-order valence-corrected chi connectivity index (χ2v) is 7.02. The number of piperidine rings is 1. The maximum atomic E-state index is 13.1. The zero-order valence-corrected chi connectivity index (χ0v) is 15.3. The molecule has 3 heterocycles. The van der Waals surface area contributed by atoms with E-state index in [4.69, 9.17) is 0 Å². The summed E-state index contributed by atoms with van der Waals surface area (Å²) in [6.07, 6.45) is 5.90. The Balaban J connectivity index is 1.56. The Bertz CT molecular complexity index is 909. The lowest BCUT2D eigenvalue weighted by Crippen LogP contribution is -2.40. The Kier molecular flexibility index (Phi) is 4.37. The van der Waals surface area contributed by atoms with Gasteiger partial charge < -0.3 is 14.0 Å². The highest BCUT2D eigenvalue weighted by Crippen LogP contribution is 2.28. The summed E-state index contributed by atoms with van der Waals surface area (Å²) in [6, 6.07) is 14.2. The minimum absolute atomic E-state index is 0.105. The van der Waals surface area contributed by atoms with Gasteiger partial charge in [0, 0.05) is 51.2 Å². The van der Waals surface area contributed by atoms with Crippen LogP contribution in [0.3, 0.4) is 0 Å². The summed E-state index contributed by atoms with van der Waals surface area (Å²) in [5, 5.41) is 0. The molecule has 1 fully saturated rings. The largest absolute Gasteiger partial charge is 0.340 e. The monoisotopic (exact) mass is 348 g/mol. The molecule has 1 unspecified atom stereocenters. The summed E-state index contributed by atoms with van der Waals surface area (Å²) in [7, 11) is 3.99. The van der Waals surface area contributed by atoms with Crippen molar-refractivity contribution in [2.75, 3.05) is 13.1 Å². The van der Waals surface area contributed by atoms with Crippen molar-refractivity contribution < 1.29 is 4.79 Å². The van der Waals surface area contributed by atoms with Crippen LogP contribution < -0.4 is 0 Å². The predicted octanol–water partition coefficient (Wildman–Crippen LogP) is 3.45. The number of hydrogen-bond acceptors (Lipinski definition) is 2. The first kappa shape index (κ1) is 16.6. The fourth-order valence-electron chi connectivity index (χ4n) is 3.93. The Morgan fingerprint density at radius 3 is 2.65 bits per heavy atom. The number of carbonyl (C=O) groups excluding carboxylic acids is 1. The summed E-state index contributed by atoms with van der Waals surface area (Å²) < 4.78 is 4.07. The molecule has 1 aliphatic rings. The number of carbonyl (C=O) groups is 1. The maximum Gasteiger partial charge on any atom is 0.270 e. The Hall–Kier alpha value is -2.82. The van der Waals surface area contributed by atoms with Gasteiger partial charge in [0.25, 0.3) is 5.91 Å². The number of benzene rings is 1. The third-order valence-electron chi connectivity index (χ3n) is 5.34. The minimum Gasteiger partial charge on any atom is -0.340 e. The van der Waals surface area contributed by atoms with Gasteiger partial charge in [0.2, 0.25) is 0 Å². The Labute approximate surface area is 153 Å². The van der Waals surface area contributed by atoms with Gasteiger partial charge in [0.15, 0.2) is 0 Å². The highest BCUT2D eigenvalue weighted by molar-refractivity contribution is 5.94. The van der Waals surface area contributed by atoms with Gasteiger partial charge >= 0.3 is 0 Å². The summed E-state index contributed by atoms with van der Waals surface area (Å²) in [5.74, 6) is 1.48. The zero-order valence-electron chi connectivity index (χ0n) is 15.3. The van der Waals surface area contributed by atoms with E-state index in [2.05, 4.69) is 21.7 Å². The lowest BCUT2D eigenvalue weighted by Gasteiger charge is -2.32. The molecular formula is C21H24N4O. The van der Waals surface area contributed by atoms with Gasteiger partial charge in [-0.1, -0.05) is 30.3 Å². The van der Waals surface area contributed by atoms with Crippen LogP contribution in [0.25, 0.3) is 11.3 Å². The predicted molar refractivity (Wildman–Crippen MR) is 102 cm³/mol. The molecule has 1 saturated heterocycles. The van der Waals surface area contributed by atoms with E-state index in [0.29, 0.717) is 5.92 Å². The van der Waals surface area contributed by atoms with Gasteiger partial charge in [-0.15, -0.1) is 0 Å². The van der Waals surface area contributed by atoms with E-state index in [-0.39, 0.29) is 5.91 Å². The van der Waals surface area contributed by atoms with Crippen LogP contribution in [0.1, 0.15) is 35.1 Å². The van der Waals surface area contributed by atoms with Gasteiger partial charge in [-0.05, 0) is 30.5 Å². The van der Waals surface area contributed by atoms with Crippen molar-refractivity contribution in [1.82, 2.24) is 19.0 Å². The molecule has 1 aliphatic heterocycles. The van der Waals surface area contributed by atoms with Crippen molar-refractivity contribution in [2.24, 2.45) is 14.1 Å². The summed E-state index contributed by atoms with van der Waals surface area (Å²) in [5.41, 5.74) is 2.93. The molecule has 5 heteroatoms. The minimum atomic E-state index is 0.105. The van der Waals surface area contributed by atoms with Gasteiger partial charge in [-0.2, -0.15) is 0 Å². The third-order valence-corrected chi connectivity index (χ3v) is 5.34. The first-order valence-corrected chi connectivity index (χ1v) is 9.13. The molecule has 26 heavy (non-hydrogen) atoms. The van der Waals surface area contributed by atoms with Crippen molar-refractivity contribution >= 4 is 5.91 Å². The molecule has 0 saturated carbocycles. The molecule has 1 amide bonds. The quantitative estimate of drug-likeness (QED) is 0.728. The topological polar surface area (TPSA) is 43.1 Å². The highest BCUT2D eigenvalue weighted by Gasteiger charge is 2.28. The fraction of sp³-hybridized carbons (Fsp3) is 0.333. The maximum absolute atomic E-state index is 13.1. The van der Waals surface area contributed by atoms with Gasteiger partial charge in [0.1, 0.15) is 11.5 Å². The molecule has 0 N–H and O–H groups in total. The molecule has 0 spiro atoms. The smallest absolute Gasteiger partial charge is 0.270 e. The van der Waals surface area contributed by atoms with Crippen molar-refractivity contribution in [3.8, 4) is 11.3 Å². The number of amides is 1. The number of aromatic nitrogens is 3. The molecule has 0 radical (unpaired) electrons. The van der Waals surface area contributed by atoms with Gasteiger partial charge in [-0.25, -0.2) is 4.98 Å². The van der Waals surface area contributed by atoms with Gasteiger partial charge in [-0.3, -0.25) is 4.79 Å². The first-order valence-electron chi connectivity index (χ1n) is 9.13. The Morgan fingerprint density at radius 2 is 1.92 bits per heavy atom. The molecular weight excluding hydrogens is 324 g/mol. The van der Waals surface area contributed by atoms with Crippen LogP contribution in [-0.2, 0) is 14.1 Å². The standard InChI is InChI=1S/C21H24N4O/c1-23-14-12-22-20(23)17-9-6-13-25(15-17)21(26)19-11-10-18(24(19)2)16-7-4-3-5-8-16/h3-5,7-8,10-12,14,17H,6,9,13,15H2,1-2H3. The second-order valence-electron chi connectivity index (χ2n) is 7.02. The summed E-state index contributed by atoms with van der Waals surface area (Å²) in [4.78, 5) is 19.6. The van der Waals surface area contributed by atoms with Crippen molar-refractivity contribution in [3.63, 3.8) is 0 Å². The van der Waals surface area contributed by atoms with E-state index in [9.17, 15) is 4.79 Å². The zero-order chi connectivity index (χ0) is 18.1. The molecule has 1 atom stereocenters. The van der Waals surface area contributed by atoms with E-state index >= 15 is 0 Å². The van der Waals surface area contributed by atoms with Crippen molar-refractivity contribution in [1.29, 1.82) is 0 Å². The molecule has 0 aliphatic carbocycles. The molecule has 3 aromatic rings. The number of aryl methyl sites for hydroxylation is 1. The van der Waals surface area contributed by atoms with E-state index in [0.717, 1.165) is 48.7 Å². The van der Waals surface area contributed by atoms with Crippen LogP contribution in [-0.4, -0.2) is 38.0 Å². The van der Waals surface area contributed by atoms with Gasteiger partial charge in [0.05, 0.1) is 0 Å². The average molecular weight is 348 g/mol. The number of hydrogen-bond donors (Lipinski definition) is 0. The van der Waals surface area contributed by atoms with E-state index in [1.54, 1.807) is 0 Å². The number of imidazole rings is 1. The molecule has 4 rings (SSSR count). The third kappa shape index (κ3) is 2.94. The summed E-state index contributed by atoms with van der Waals surface area (Å²) >= 11 is 0. The van der Waals surface area contributed by atoms with Crippen LogP contribution in [0.5, 0.6) is 0 Å². The van der Waals surface area contributed by atoms with Crippen LogP contribution in [0, 0.1) is 0 Å². The van der Waals surface area contributed by atoms with Crippen LogP contribution in [0.15, 0.2) is 54.9 Å². The van der Waals surface area contributed by atoms with Crippen LogP contribution in [0.4, 0.5) is 0 Å². The van der Waals surface area contributed by atoms with Crippen LogP contribution in [0.2, 0.25) is 0 Å². The van der Waals surface area contributed by atoms with Crippen molar-refractivity contribution in [3.05, 3.63) is 66.4 Å². The first-order chi connectivity index (χ1) is 12.6. The molecule has 0 bridgehead atoms. The average Bonchev–Trinajstić information content (AvgIpc) is 3.27. The van der Waals surface area contributed by atoms with Crippen LogP contribution >= 0.6 is 0 Å².